The number of fused-ring (bicyclic) bond motifs is 1. The fourth-order valence-corrected chi connectivity index (χ4v) is 2.45. The Morgan fingerprint density at radius 1 is 1.17 bits per heavy atom. The van der Waals surface area contributed by atoms with Crippen molar-refractivity contribution in [2.75, 3.05) is 5.32 Å². The van der Waals surface area contributed by atoms with Crippen LogP contribution in [-0.4, -0.2) is 19.9 Å². The Morgan fingerprint density at radius 3 is 2.65 bits per heavy atom. The lowest BCUT2D eigenvalue weighted by Gasteiger charge is -2.10. The Hall–Kier alpha value is -2.96. The molecule has 0 aliphatic rings. The highest BCUT2D eigenvalue weighted by atomic mass is 16.6. The van der Waals surface area contributed by atoms with Gasteiger partial charge in [0, 0.05) is 6.07 Å². The first kappa shape index (κ1) is 15.0. The van der Waals surface area contributed by atoms with Gasteiger partial charge in [-0.25, -0.2) is 4.68 Å². The van der Waals surface area contributed by atoms with Crippen LogP contribution in [0.3, 0.4) is 0 Å². The van der Waals surface area contributed by atoms with Crippen LogP contribution < -0.4 is 5.32 Å². The fraction of sp³-hybridized carbons (Fsp3) is 0.250. The molecule has 2 aromatic carbocycles. The number of anilines is 1. The zero-order valence-corrected chi connectivity index (χ0v) is 13.2. The summed E-state index contributed by atoms with van der Waals surface area (Å²) in [6.45, 7) is 6.09. The van der Waals surface area contributed by atoms with Gasteiger partial charge in [0.2, 0.25) is 0 Å². The van der Waals surface area contributed by atoms with Gasteiger partial charge in [-0.3, -0.25) is 10.1 Å². The van der Waals surface area contributed by atoms with Crippen LogP contribution in [0.2, 0.25) is 0 Å². The molecule has 0 aliphatic heterocycles. The third-order valence-electron chi connectivity index (χ3n) is 3.90. The maximum atomic E-state index is 11.2. The Kier molecular flexibility index (Phi) is 3.69. The van der Waals surface area contributed by atoms with Crippen molar-refractivity contribution in [3.05, 3.63) is 57.1 Å². The summed E-state index contributed by atoms with van der Waals surface area (Å²) >= 11 is 0. The van der Waals surface area contributed by atoms with Crippen molar-refractivity contribution in [2.45, 2.75) is 27.4 Å². The van der Waals surface area contributed by atoms with Crippen LogP contribution in [0.15, 0.2) is 30.3 Å². The number of nitro benzene ring substituents is 1. The molecular formula is C16H17N5O2. The summed E-state index contributed by atoms with van der Waals surface area (Å²) in [7, 11) is 0. The van der Waals surface area contributed by atoms with E-state index in [-0.39, 0.29) is 10.6 Å². The number of benzene rings is 2. The lowest BCUT2D eigenvalue weighted by molar-refractivity contribution is -0.384. The van der Waals surface area contributed by atoms with Gasteiger partial charge in [0.1, 0.15) is 17.9 Å². The second kappa shape index (κ2) is 5.68. The minimum Gasteiger partial charge on any atom is -0.361 e. The SMILES string of the molecule is Cc1ccc2c(c1)nnn2CNc1cc(C)c(C)cc1[N+](=O)[O-]. The molecule has 1 N–H and O–H groups in total. The van der Waals surface area contributed by atoms with Crippen LogP contribution in [0.4, 0.5) is 11.4 Å². The average Bonchev–Trinajstić information content (AvgIpc) is 2.89. The van der Waals surface area contributed by atoms with E-state index in [0.717, 1.165) is 27.7 Å². The molecule has 0 fully saturated rings. The smallest absolute Gasteiger partial charge is 0.292 e. The van der Waals surface area contributed by atoms with Gasteiger partial charge in [0.05, 0.1) is 10.4 Å². The fourth-order valence-electron chi connectivity index (χ4n) is 2.45. The van der Waals surface area contributed by atoms with Crippen molar-refractivity contribution < 1.29 is 4.92 Å². The first-order valence-corrected chi connectivity index (χ1v) is 7.25. The topological polar surface area (TPSA) is 85.9 Å². The molecule has 0 saturated carbocycles. The molecule has 3 aromatic rings. The van der Waals surface area contributed by atoms with E-state index in [4.69, 9.17) is 0 Å². The Morgan fingerprint density at radius 2 is 1.91 bits per heavy atom. The number of aromatic nitrogens is 3. The van der Waals surface area contributed by atoms with E-state index >= 15 is 0 Å². The van der Waals surface area contributed by atoms with Gasteiger partial charge in [-0.15, -0.1) is 5.10 Å². The van der Waals surface area contributed by atoms with E-state index in [2.05, 4.69) is 15.6 Å². The largest absolute Gasteiger partial charge is 0.361 e. The van der Waals surface area contributed by atoms with E-state index in [1.54, 1.807) is 16.8 Å². The number of hydrogen-bond acceptors (Lipinski definition) is 5. The van der Waals surface area contributed by atoms with Gasteiger partial charge in [-0.1, -0.05) is 11.3 Å². The normalized spacial score (nSPS) is 10.9. The highest BCUT2D eigenvalue weighted by molar-refractivity contribution is 5.75. The molecule has 0 aliphatic carbocycles. The van der Waals surface area contributed by atoms with Gasteiger partial charge >= 0.3 is 0 Å². The summed E-state index contributed by atoms with van der Waals surface area (Å²) < 4.78 is 1.69. The van der Waals surface area contributed by atoms with Crippen molar-refractivity contribution in [1.29, 1.82) is 0 Å². The Bertz CT molecular complexity index is 901. The monoisotopic (exact) mass is 311 g/mol. The summed E-state index contributed by atoms with van der Waals surface area (Å²) in [6.07, 6.45) is 0. The van der Waals surface area contributed by atoms with Gasteiger partial charge in [0.25, 0.3) is 5.69 Å². The Labute approximate surface area is 133 Å². The van der Waals surface area contributed by atoms with Crippen LogP contribution in [0.25, 0.3) is 11.0 Å². The van der Waals surface area contributed by atoms with Crippen LogP contribution >= 0.6 is 0 Å². The number of nitrogens with zero attached hydrogens (tertiary/aromatic N) is 4. The minimum atomic E-state index is -0.377. The summed E-state index contributed by atoms with van der Waals surface area (Å²) in [4.78, 5) is 10.8. The molecule has 0 atom stereocenters. The van der Waals surface area contributed by atoms with Gasteiger partial charge in [-0.2, -0.15) is 0 Å². The zero-order valence-electron chi connectivity index (χ0n) is 13.2. The minimum absolute atomic E-state index is 0.0633. The van der Waals surface area contributed by atoms with Gasteiger partial charge in [0.15, 0.2) is 0 Å². The second-order valence-electron chi connectivity index (χ2n) is 5.63. The van der Waals surface area contributed by atoms with Gasteiger partial charge in [-0.05, 0) is 55.7 Å². The van der Waals surface area contributed by atoms with E-state index in [1.165, 1.54) is 0 Å². The number of nitrogens with one attached hydrogen (secondary N) is 1. The van der Waals surface area contributed by atoms with E-state index in [9.17, 15) is 10.1 Å². The third-order valence-corrected chi connectivity index (χ3v) is 3.90. The number of hydrogen-bond donors (Lipinski definition) is 1. The molecule has 1 heterocycles. The second-order valence-corrected chi connectivity index (χ2v) is 5.63. The molecule has 23 heavy (non-hydrogen) atoms. The maximum Gasteiger partial charge on any atom is 0.292 e. The molecule has 0 spiro atoms. The number of nitro groups is 1. The summed E-state index contributed by atoms with van der Waals surface area (Å²) in [5.41, 5.74) is 5.24. The van der Waals surface area contributed by atoms with Crippen molar-refractivity contribution in [1.82, 2.24) is 15.0 Å². The predicted octanol–water partition coefficient (Wildman–Crippen LogP) is 3.33. The van der Waals surface area contributed by atoms with Crippen molar-refractivity contribution in [2.24, 2.45) is 0 Å². The third kappa shape index (κ3) is 2.85. The standard InChI is InChI=1S/C16H17N5O2/c1-10-4-5-15-14(6-10)18-19-20(15)9-17-13-7-11(2)12(3)8-16(13)21(22)23/h4-8,17H,9H2,1-3H3. The van der Waals surface area contributed by atoms with Crippen LogP contribution in [0.1, 0.15) is 16.7 Å². The van der Waals surface area contributed by atoms with Crippen molar-refractivity contribution in [3.8, 4) is 0 Å². The van der Waals surface area contributed by atoms with Crippen LogP contribution in [-0.2, 0) is 6.67 Å². The Balaban J connectivity index is 1.90. The molecule has 0 radical (unpaired) electrons. The number of rotatable bonds is 4. The van der Waals surface area contributed by atoms with E-state index in [0.29, 0.717) is 12.4 Å². The number of aryl methyl sites for hydroxylation is 3. The van der Waals surface area contributed by atoms with E-state index < -0.39 is 0 Å². The van der Waals surface area contributed by atoms with Crippen molar-refractivity contribution in [3.63, 3.8) is 0 Å². The lowest BCUT2D eigenvalue weighted by atomic mass is 10.1. The van der Waals surface area contributed by atoms with Crippen molar-refractivity contribution >= 4 is 22.4 Å². The highest BCUT2D eigenvalue weighted by Gasteiger charge is 2.15. The van der Waals surface area contributed by atoms with E-state index in [1.807, 2.05) is 39.0 Å². The predicted molar refractivity (Wildman–Crippen MR) is 88.5 cm³/mol. The first-order valence-electron chi connectivity index (χ1n) is 7.25. The molecule has 0 saturated heterocycles. The summed E-state index contributed by atoms with van der Waals surface area (Å²) in [6, 6.07) is 9.26. The average molecular weight is 311 g/mol. The molecular weight excluding hydrogens is 294 g/mol. The molecule has 118 valence electrons. The summed E-state index contributed by atoms with van der Waals surface area (Å²) in [5, 5.41) is 22.5. The molecule has 3 rings (SSSR count). The highest BCUT2D eigenvalue weighted by Crippen LogP contribution is 2.28. The van der Waals surface area contributed by atoms with Crippen LogP contribution in [0.5, 0.6) is 0 Å². The van der Waals surface area contributed by atoms with Crippen LogP contribution in [0, 0.1) is 30.9 Å². The molecule has 0 unspecified atom stereocenters. The molecule has 7 heteroatoms. The molecule has 1 aromatic heterocycles. The summed E-state index contributed by atoms with van der Waals surface area (Å²) in [5.74, 6) is 0. The molecule has 0 bridgehead atoms. The zero-order chi connectivity index (χ0) is 16.6. The van der Waals surface area contributed by atoms with Gasteiger partial charge < -0.3 is 5.32 Å². The molecule has 0 amide bonds. The first-order chi connectivity index (χ1) is 11.0. The quantitative estimate of drug-likeness (QED) is 0.590. The maximum absolute atomic E-state index is 11.2. The molecule has 7 nitrogen and oxygen atoms in total. The lowest BCUT2D eigenvalue weighted by Crippen LogP contribution is -2.11.